The Morgan fingerprint density at radius 1 is 1.25 bits per heavy atom. The highest BCUT2D eigenvalue weighted by Crippen LogP contribution is 2.22. The summed E-state index contributed by atoms with van der Waals surface area (Å²) < 4.78 is 5.84. The summed E-state index contributed by atoms with van der Waals surface area (Å²) in [6.45, 7) is 9.16. The zero-order chi connectivity index (χ0) is 15.0. The van der Waals surface area contributed by atoms with Gasteiger partial charge >= 0.3 is 0 Å². The summed E-state index contributed by atoms with van der Waals surface area (Å²) in [5, 5.41) is 0. The van der Waals surface area contributed by atoms with Crippen LogP contribution < -0.4 is 4.74 Å². The van der Waals surface area contributed by atoms with Crippen LogP contribution in [0.25, 0.3) is 0 Å². The van der Waals surface area contributed by atoms with Gasteiger partial charge in [0.2, 0.25) is 0 Å². The summed E-state index contributed by atoms with van der Waals surface area (Å²) in [5.41, 5.74) is 2.38. The van der Waals surface area contributed by atoms with Crippen molar-refractivity contribution in [3.63, 3.8) is 0 Å². The molecular formula is C18H28O2. The molecule has 112 valence electrons. The van der Waals surface area contributed by atoms with Gasteiger partial charge in [0.05, 0.1) is 6.61 Å². The third kappa shape index (κ3) is 5.36. The minimum Gasteiger partial charge on any atom is -0.493 e. The van der Waals surface area contributed by atoms with Crippen molar-refractivity contribution in [1.29, 1.82) is 0 Å². The number of carbonyl (C=O) groups is 1. The van der Waals surface area contributed by atoms with Crippen LogP contribution in [0.2, 0.25) is 0 Å². The molecule has 1 aromatic carbocycles. The molecule has 0 bridgehead atoms. The number of carbonyl (C=O) groups excluding carboxylic acids is 1. The first kappa shape index (κ1) is 16.7. The average Bonchev–Trinajstić information content (AvgIpc) is 2.42. The van der Waals surface area contributed by atoms with Crippen LogP contribution in [0.1, 0.15) is 50.7 Å². The van der Waals surface area contributed by atoms with Crippen LogP contribution in [0, 0.1) is 25.7 Å². The topological polar surface area (TPSA) is 26.3 Å². The third-order valence-electron chi connectivity index (χ3n) is 3.93. The second-order valence-corrected chi connectivity index (χ2v) is 5.83. The van der Waals surface area contributed by atoms with Gasteiger partial charge in [-0.1, -0.05) is 38.8 Å². The lowest BCUT2D eigenvalue weighted by Gasteiger charge is -2.18. The lowest BCUT2D eigenvalue weighted by atomic mass is 9.88. The quantitative estimate of drug-likeness (QED) is 0.482. The first-order valence-electron chi connectivity index (χ1n) is 7.73. The van der Waals surface area contributed by atoms with Crippen LogP contribution in [0.15, 0.2) is 18.2 Å². The molecule has 0 amide bonds. The van der Waals surface area contributed by atoms with Gasteiger partial charge < -0.3 is 9.53 Å². The van der Waals surface area contributed by atoms with Crippen LogP contribution in [-0.2, 0) is 4.79 Å². The maximum atomic E-state index is 11.1. The molecule has 0 radical (unpaired) electrons. The molecule has 0 spiro atoms. The molecule has 0 heterocycles. The van der Waals surface area contributed by atoms with E-state index in [1.54, 1.807) is 0 Å². The van der Waals surface area contributed by atoms with E-state index in [1.165, 1.54) is 11.1 Å². The van der Waals surface area contributed by atoms with E-state index in [-0.39, 0.29) is 5.92 Å². The number of aldehydes is 1. The molecule has 2 heteroatoms. The number of rotatable bonds is 9. The normalized spacial score (nSPS) is 13.8. The van der Waals surface area contributed by atoms with E-state index in [0.717, 1.165) is 37.7 Å². The van der Waals surface area contributed by atoms with E-state index in [1.807, 2.05) is 0 Å². The van der Waals surface area contributed by atoms with E-state index in [2.05, 4.69) is 45.9 Å². The first-order valence-corrected chi connectivity index (χ1v) is 7.73. The zero-order valence-corrected chi connectivity index (χ0v) is 13.3. The molecule has 0 saturated heterocycles. The number of ether oxygens (including phenoxy) is 1. The highest BCUT2D eigenvalue weighted by Gasteiger charge is 2.15. The van der Waals surface area contributed by atoms with Crippen molar-refractivity contribution in [3.8, 4) is 5.75 Å². The molecule has 1 rings (SSSR count). The summed E-state index contributed by atoms with van der Waals surface area (Å²) >= 11 is 0. The Bertz CT molecular complexity index is 412. The fraction of sp³-hybridized carbons (Fsp3) is 0.611. The van der Waals surface area contributed by atoms with E-state index in [9.17, 15) is 4.79 Å². The second kappa shape index (κ2) is 8.78. The smallest absolute Gasteiger partial charge is 0.123 e. The van der Waals surface area contributed by atoms with Crippen molar-refractivity contribution in [3.05, 3.63) is 29.3 Å². The summed E-state index contributed by atoms with van der Waals surface area (Å²) in [4.78, 5) is 11.1. The number of benzene rings is 1. The molecule has 20 heavy (non-hydrogen) atoms. The number of hydrogen-bond donors (Lipinski definition) is 0. The molecule has 0 N–H and O–H groups in total. The summed E-state index contributed by atoms with van der Waals surface area (Å²) in [5.74, 6) is 1.63. The predicted molar refractivity (Wildman–Crippen MR) is 84.3 cm³/mol. The lowest BCUT2D eigenvalue weighted by molar-refractivity contribution is -0.112. The summed E-state index contributed by atoms with van der Waals surface area (Å²) in [6, 6.07) is 6.26. The second-order valence-electron chi connectivity index (χ2n) is 5.83. The van der Waals surface area contributed by atoms with Gasteiger partial charge in [0, 0.05) is 5.92 Å². The minimum atomic E-state index is 0.178. The van der Waals surface area contributed by atoms with Gasteiger partial charge in [0.25, 0.3) is 0 Å². The highest BCUT2D eigenvalue weighted by atomic mass is 16.5. The molecular weight excluding hydrogens is 248 g/mol. The van der Waals surface area contributed by atoms with Gasteiger partial charge in [-0.2, -0.15) is 0 Å². The first-order chi connectivity index (χ1) is 9.58. The molecule has 2 atom stereocenters. The largest absolute Gasteiger partial charge is 0.493 e. The van der Waals surface area contributed by atoms with E-state index in [4.69, 9.17) is 4.74 Å². The van der Waals surface area contributed by atoms with Crippen molar-refractivity contribution in [2.24, 2.45) is 11.8 Å². The maximum Gasteiger partial charge on any atom is 0.123 e. The van der Waals surface area contributed by atoms with Crippen molar-refractivity contribution in [2.75, 3.05) is 6.61 Å². The SMILES string of the molecule is CCCC(C)C(C=O)CCCOc1cc(C)ccc1C. The summed E-state index contributed by atoms with van der Waals surface area (Å²) in [7, 11) is 0. The molecule has 0 aromatic heterocycles. The Morgan fingerprint density at radius 3 is 2.65 bits per heavy atom. The van der Waals surface area contributed by atoms with Crippen LogP contribution in [0.3, 0.4) is 0 Å². The Kier molecular flexibility index (Phi) is 7.35. The lowest BCUT2D eigenvalue weighted by Crippen LogP contribution is -2.14. The van der Waals surface area contributed by atoms with Crippen LogP contribution in [0.4, 0.5) is 0 Å². The van der Waals surface area contributed by atoms with Crippen LogP contribution >= 0.6 is 0 Å². The van der Waals surface area contributed by atoms with Crippen LogP contribution in [0.5, 0.6) is 5.75 Å². The van der Waals surface area contributed by atoms with Gasteiger partial charge in [-0.15, -0.1) is 0 Å². The molecule has 1 aromatic rings. The summed E-state index contributed by atoms with van der Waals surface area (Å²) in [6.07, 6.45) is 5.25. The molecule has 0 fully saturated rings. The molecule has 0 aliphatic heterocycles. The zero-order valence-electron chi connectivity index (χ0n) is 13.3. The molecule has 0 aliphatic carbocycles. The molecule has 2 unspecified atom stereocenters. The van der Waals surface area contributed by atoms with Gasteiger partial charge in [0.15, 0.2) is 0 Å². The van der Waals surface area contributed by atoms with Crippen molar-refractivity contribution >= 4 is 6.29 Å². The van der Waals surface area contributed by atoms with Crippen molar-refractivity contribution < 1.29 is 9.53 Å². The molecule has 0 saturated carbocycles. The Balaban J connectivity index is 2.36. The molecule has 0 aliphatic rings. The Hall–Kier alpha value is -1.31. The average molecular weight is 276 g/mol. The van der Waals surface area contributed by atoms with E-state index in [0.29, 0.717) is 12.5 Å². The molecule has 2 nitrogen and oxygen atoms in total. The van der Waals surface area contributed by atoms with Gasteiger partial charge in [0.1, 0.15) is 12.0 Å². The minimum absolute atomic E-state index is 0.178. The van der Waals surface area contributed by atoms with Crippen molar-refractivity contribution in [2.45, 2.75) is 53.4 Å². The van der Waals surface area contributed by atoms with Gasteiger partial charge in [-0.3, -0.25) is 0 Å². The van der Waals surface area contributed by atoms with Crippen LogP contribution in [-0.4, -0.2) is 12.9 Å². The maximum absolute atomic E-state index is 11.1. The van der Waals surface area contributed by atoms with E-state index < -0.39 is 0 Å². The predicted octanol–water partition coefficient (Wildman–Crippen LogP) is 4.71. The van der Waals surface area contributed by atoms with Gasteiger partial charge in [-0.25, -0.2) is 0 Å². The number of hydrogen-bond acceptors (Lipinski definition) is 2. The third-order valence-corrected chi connectivity index (χ3v) is 3.93. The standard InChI is InChI=1S/C18H28O2/c1-5-7-15(3)17(13-19)8-6-11-20-18-12-14(2)9-10-16(18)4/h9-10,12-13,15,17H,5-8,11H2,1-4H3. The fourth-order valence-electron chi connectivity index (χ4n) is 2.52. The monoisotopic (exact) mass is 276 g/mol. The van der Waals surface area contributed by atoms with Gasteiger partial charge in [-0.05, 0) is 49.8 Å². The fourth-order valence-corrected chi connectivity index (χ4v) is 2.52. The van der Waals surface area contributed by atoms with E-state index >= 15 is 0 Å². The highest BCUT2D eigenvalue weighted by molar-refractivity contribution is 5.53. The van der Waals surface area contributed by atoms with Crippen molar-refractivity contribution in [1.82, 2.24) is 0 Å². The number of aryl methyl sites for hydroxylation is 2. The Morgan fingerprint density at radius 2 is 2.00 bits per heavy atom. The Labute approximate surface area is 123 Å².